The van der Waals surface area contributed by atoms with Crippen LogP contribution in [0.3, 0.4) is 0 Å². The number of nitrogens with zero attached hydrogens (tertiary/aromatic N) is 1. The van der Waals surface area contributed by atoms with Crippen LogP contribution in [0.25, 0.3) is 0 Å². The van der Waals surface area contributed by atoms with Gasteiger partial charge in [0.25, 0.3) is 6.04 Å². The summed E-state index contributed by atoms with van der Waals surface area (Å²) in [6.45, 7) is 8.01. The highest BCUT2D eigenvalue weighted by molar-refractivity contribution is 5.90. The fraction of sp³-hybridized carbons (Fsp3) is 0.361. The van der Waals surface area contributed by atoms with Crippen molar-refractivity contribution >= 4 is 5.97 Å². The van der Waals surface area contributed by atoms with E-state index in [0.717, 1.165) is 16.7 Å². The molecular formula is C36H42N2O8. The van der Waals surface area contributed by atoms with Gasteiger partial charge in [-0.2, -0.15) is 0 Å². The van der Waals surface area contributed by atoms with E-state index >= 15 is 0 Å². The second kappa shape index (κ2) is 18.0. The van der Waals surface area contributed by atoms with Crippen LogP contribution < -0.4 is 5.32 Å². The molecule has 5 atom stereocenters. The number of allylic oxidation sites excluding steroid dienone is 1. The first-order valence-electron chi connectivity index (χ1n) is 15.4. The van der Waals surface area contributed by atoms with Crippen LogP contribution >= 0.6 is 0 Å². The smallest absolute Gasteiger partial charge is 0.338 e. The van der Waals surface area contributed by atoms with Crippen LogP contribution in [0.4, 0.5) is 0 Å². The lowest BCUT2D eigenvalue weighted by Gasteiger charge is -2.43. The van der Waals surface area contributed by atoms with Crippen LogP contribution in [0.2, 0.25) is 0 Å². The molecule has 0 unspecified atom stereocenters. The molecule has 1 aliphatic rings. The van der Waals surface area contributed by atoms with Gasteiger partial charge >= 0.3 is 5.97 Å². The number of hydrogen-bond acceptors (Lipinski definition) is 9. The van der Waals surface area contributed by atoms with Crippen LogP contribution in [0.1, 0.15) is 30.5 Å². The number of nitro groups is 1. The number of rotatable bonds is 17. The summed E-state index contributed by atoms with van der Waals surface area (Å²) in [6, 6.07) is 27.0. The fourth-order valence-corrected chi connectivity index (χ4v) is 5.34. The third-order valence-electron chi connectivity index (χ3n) is 7.56. The van der Waals surface area contributed by atoms with Gasteiger partial charge in [-0.15, -0.1) is 6.58 Å². The number of nitrogens with one attached hydrogen (secondary N) is 1. The van der Waals surface area contributed by atoms with E-state index in [0.29, 0.717) is 12.2 Å². The highest BCUT2D eigenvalue weighted by Gasteiger charge is 2.56. The van der Waals surface area contributed by atoms with Crippen molar-refractivity contribution in [3.05, 3.63) is 142 Å². The molecule has 10 nitrogen and oxygen atoms in total. The van der Waals surface area contributed by atoms with E-state index in [1.807, 2.05) is 91.0 Å². The molecule has 0 saturated carbocycles. The molecule has 0 amide bonds. The van der Waals surface area contributed by atoms with Gasteiger partial charge in [0.2, 0.25) is 0 Å². The van der Waals surface area contributed by atoms with Gasteiger partial charge in [-0.1, -0.05) is 97.1 Å². The van der Waals surface area contributed by atoms with Crippen molar-refractivity contribution in [1.29, 1.82) is 0 Å². The third kappa shape index (κ3) is 9.58. The molecule has 0 aliphatic carbocycles. The number of carbonyl (C=O) groups excluding carboxylic acids is 1. The quantitative estimate of drug-likeness (QED) is 0.0688. The molecule has 46 heavy (non-hydrogen) atoms. The maximum Gasteiger partial charge on any atom is 0.338 e. The molecule has 1 fully saturated rings. The number of ether oxygens (including phenoxy) is 5. The normalized spacial score (nSPS) is 21.6. The third-order valence-corrected chi connectivity index (χ3v) is 7.56. The van der Waals surface area contributed by atoms with Crippen LogP contribution in [-0.4, -0.2) is 61.1 Å². The molecule has 10 heteroatoms. The van der Waals surface area contributed by atoms with Gasteiger partial charge in [0.1, 0.15) is 12.2 Å². The molecular weight excluding hydrogens is 588 g/mol. The first-order valence-corrected chi connectivity index (χ1v) is 15.4. The van der Waals surface area contributed by atoms with E-state index in [4.69, 9.17) is 23.7 Å². The van der Waals surface area contributed by atoms with E-state index in [1.54, 1.807) is 19.9 Å². The van der Waals surface area contributed by atoms with E-state index in [9.17, 15) is 14.9 Å². The lowest BCUT2D eigenvalue weighted by Crippen LogP contribution is -2.64. The average Bonchev–Trinajstić information content (AvgIpc) is 3.07. The van der Waals surface area contributed by atoms with E-state index in [2.05, 4.69) is 11.9 Å². The maximum absolute atomic E-state index is 13.4. The Labute approximate surface area is 270 Å². The lowest BCUT2D eigenvalue weighted by molar-refractivity contribution is -0.559. The summed E-state index contributed by atoms with van der Waals surface area (Å²) in [5, 5.41) is 16.1. The van der Waals surface area contributed by atoms with Crippen LogP contribution in [0.15, 0.2) is 115 Å². The van der Waals surface area contributed by atoms with Gasteiger partial charge in [-0.05, 0) is 30.5 Å². The minimum absolute atomic E-state index is 0.00767. The maximum atomic E-state index is 13.4. The van der Waals surface area contributed by atoms with E-state index in [1.165, 1.54) is 0 Å². The summed E-state index contributed by atoms with van der Waals surface area (Å²) in [7, 11) is 0. The zero-order valence-electron chi connectivity index (χ0n) is 26.3. The Balaban J connectivity index is 1.75. The minimum Gasteiger partial charge on any atom is -0.463 e. The van der Waals surface area contributed by atoms with Gasteiger partial charge in [-0.3, -0.25) is 10.1 Å². The summed E-state index contributed by atoms with van der Waals surface area (Å²) in [4.78, 5) is 26.0. The summed E-state index contributed by atoms with van der Waals surface area (Å²) in [6.07, 6.45) is -2.60. The second-order valence-corrected chi connectivity index (χ2v) is 10.8. The predicted molar refractivity (Wildman–Crippen MR) is 173 cm³/mol. The Morgan fingerprint density at radius 2 is 1.41 bits per heavy atom. The fourth-order valence-electron chi connectivity index (χ4n) is 5.34. The Bertz CT molecular complexity index is 1420. The van der Waals surface area contributed by atoms with Crippen molar-refractivity contribution in [2.75, 3.05) is 19.8 Å². The van der Waals surface area contributed by atoms with Crippen LogP contribution in [0.5, 0.6) is 0 Å². The van der Waals surface area contributed by atoms with Crippen molar-refractivity contribution in [3.8, 4) is 0 Å². The number of esters is 1. The summed E-state index contributed by atoms with van der Waals surface area (Å²) in [5.41, 5.74) is 3.05. The largest absolute Gasteiger partial charge is 0.463 e. The summed E-state index contributed by atoms with van der Waals surface area (Å²) in [5.74, 6) is -0.720. The molecule has 1 N–H and O–H groups in total. The Kier molecular flexibility index (Phi) is 13.5. The summed E-state index contributed by atoms with van der Waals surface area (Å²) < 4.78 is 30.9. The topological polar surface area (TPSA) is 118 Å². The molecule has 3 aromatic rings. The number of hydrogen-bond donors (Lipinski definition) is 1. The van der Waals surface area contributed by atoms with Crippen molar-refractivity contribution in [3.63, 3.8) is 0 Å². The molecule has 4 rings (SSSR count). The average molecular weight is 631 g/mol. The molecule has 244 valence electrons. The molecule has 0 radical (unpaired) electrons. The van der Waals surface area contributed by atoms with E-state index in [-0.39, 0.29) is 38.6 Å². The first kappa shape index (κ1) is 34.5. The second-order valence-electron chi connectivity index (χ2n) is 10.8. The zero-order valence-corrected chi connectivity index (χ0v) is 26.3. The highest BCUT2D eigenvalue weighted by Crippen LogP contribution is 2.34. The van der Waals surface area contributed by atoms with Crippen molar-refractivity contribution in [2.45, 2.75) is 64.1 Å². The van der Waals surface area contributed by atoms with E-state index < -0.39 is 41.4 Å². The molecule has 0 bridgehead atoms. The molecule has 1 heterocycles. The zero-order chi connectivity index (χ0) is 32.7. The van der Waals surface area contributed by atoms with Gasteiger partial charge in [0, 0.05) is 17.2 Å². The van der Waals surface area contributed by atoms with Crippen molar-refractivity contribution in [1.82, 2.24) is 5.32 Å². The summed E-state index contributed by atoms with van der Waals surface area (Å²) >= 11 is 0. The first-order chi connectivity index (χ1) is 22.4. The SMILES string of the molecule is C=CCN/C(C)=C(\C(=O)OCC)[C@@H]1O[C@H](COCc2ccccc2)[C@@H](OCc2ccccc2)[C@H](OCc2ccccc2)[C@H]1[N+](=O)[O-]. The molecule has 0 spiro atoms. The minimum atomic E-state index is -1.52. The highest BCUT2D eigenvalue weighted by atomic mass is 16.7. The predicted octanol–water partition coefficient (Wildman–Crippen LogP) is 5.40. The van der Waals surface area contributed by atoms with Gasteiger partial charge < -0.3 is 29.0 Å². The Hall–Kier alpha value is -4.35. The van der Waals surface area contributed by atoms with Gasteiger partial charge in [0.05, 0.1) is 38.6 Å². The number of carbonyl (C=O) groups is 1. The Morgan fingerprint density at radius 1 is 0.891 bits per heavy atom. The monoisotopic (exact) mass is 630 g/mol. The standard InChI is InChI=1S/C36H42N2O8/c1-4-21-37-26(3)31(36(39)43-5-2)34-32(38(40)41)35(45-24-29-19-13-8-14-20-29)33(44-23-28-17-11-7-12-18-28)30(46-34)25-42-22-27-15-9-6-10-16-27/h4,6-20,30,32-35,37H,1,5,21-25H2,2-3H3/b31-26-/t30-,32+,33-,34+,35-/m1/s1. The van der Waals surface area contributed by atoms with Gasteiger partial charge in [0.15, 0.2) is 12.2 Å². The lowest BCUT2D eigenvalue weighted by atomic mass is 9.88. The van der Waals surface area contributed by atoms with Gasteiger partial charge in [-0.25, -0.2) is 4.79 Å². The Morgan fingerprint density at radius 3 is 1.91 bits per heavy atom. The molecule has 3 aromatic carbocycles. The van der Waals surface area contributed by atoms with Crippen LogP contribution in [-0.2, 0) is 48.3 Å². The van der Waals surface area contributed by atoms with Crippen LogP contribution in [0, 0.1) is 10.1 Å². The number of benzene rings is 3. The molecule has 0 aromatic heterocycles. The molecule has 1 saturated heterocycles. The van der Waals surface area contributed by atoms with Crippen molar-refractivity contribution in [2.24, 2.45) is 0 Å². The van der Waals surface area contributed by atoms with Crippen molar-refractivity contribution < 1.29 is 33.4 Å². The molecule has 1 aliphatic heterocycles.